The van der Waals surface area contributed by atoms with Crippen LogP contribution in [0.4, 0.5) is 0 Å². The summed E-state index contributed by atoms with van der Waals surface area (Å²) in [5.74, 6) is 0. The first-order chi connectivity index (χ1) is 8.80. The first kappa shape index (κ1) is 14.4. The van der Waals surface area contributed by atoms with E-state index in [1.165, 1.54) is 0 Å². The minimum Gasteiger partial charge on any atom is -0.376 e. The minimum absolute atomic E-state index is 0.0205. The van der Waals surface area contributed by atoms with Crippen LogP contribution < -0.4 is 10.5 Å². The molecule has 1 aliphatic heterocycles. The molecule has 0 amide bonds. The van der Waals surface area contributed by atoms with Gasteiger partial charge in [-0.3, -0.25) is 5.10 Å². The summed E-state index contributed by atoms with van der Waals surface area (Å²) in [5.41, 5.74) is 6.16. The Hall–Kier alpha value is -0.960. The van der Waals surface area contributed by atoms with Crippen LogP contribution in [-0.4, -0.2) is 36.9 Å². The van der Waals surface area contributed by atoms with Gasteiger partial charge in [-0.1, -0.05) is 0 Å². The van der Waals surface area contributed by atoms with Crippen LogP contribution in [0.2, 0.25) is 0 Å². The summed E-state index contributed by atoms with van der Waals surface area (Å²) in [5, 5.41) is 6.50. The second kappa shape index (κ2) is 4.86. The third-order valence-electron chi connectivity index (χ3n) is 3.75. The van der Waals surface area contributed by atoms with Gasteiger partial charge in [-0.05, 0) is 27.2 Å². The Balaban J connectivity index is 2.33. The lowest BCUT2D eigenvalue weighted by molar-refractivity contribution is 0.0957. The van der Waals surface area contributed by atoms with Crippen molar-refractivity contribution in [1.29, 1.82) is 0 Å². The number of nitrogens with zero attached hydrogens (tertiary/aromatic N) is 1. The first-order valence-corrected chi connectivity index (χ1v) is 7.68. The van der Waals surface area contributed by atoms with Gasteiger partial charge in [0.05, 0.1) is 11.6 Å². The third-order valence-corrected chi connectivity index (χ3v) is 5.33. The summed E-state index contributed by atoms with van der Waals surface area (Å²) in [6, 6.07) is 0. The normalized spacial score (nSPS) is 27.9. The quantitative estimate of drug-likeness (QED) is 0.723. The van der Waals surface area contributed by atoms with E-state index in [2.05, 4.69) is 14.9 Å². The Bertz CT molecular complexity index is 568. The molecule has 0 bridgehead atoms. The molecule has 2 rings (SSSR count). The third kappa shape index (κ3) is 2.53. The number of hydrogen-bond acceptors (Lipinski definition) is 5. The summed E-state index contributed by atoms with van der Waals surface area (Å²) >= 11 is 0. The van der Waals surface area contributed by atoms with E-state index in [0.29, 0.717) is 24.3 Å². The molecule has 2 heterocycles. The Labute approximate surface area is 113 Å². The van der Waals surface area contributed by atoms with E-state index in [1.807, 2.05) is 13.8 Å². The molecule has 19 heavy (non-hydrogen) atoms. The van der Waals surface area contributed by atoms with Gasteiger partial charge in [0.25, 0.3) is 10.0 Å². The molecule has 1 fully saturated rings. The highest BCUT2D eigenvalue weighted by atomic mass is 32.2. The number of ether oxygens (including phenoxy) is 1. The summed E-state index contributed by atoms with van der Waals surface area (Å²) in [6.07, 6.45) is 0.457. The van der Waals surface area contributed by atoms with E-state index in [9.17, 15) is 8.42 Å². The van der Waals surface area contributed by atoms with Crippen LogP contribution in [0.3, 0.4) is 0 Å². The van der Waals surface area contributed by atoms with Crippen LogP contribution in [0.25, 0.3) is 0 Å². The molecular formula is C11H20N4O3S. The van der Waals surface area contributed by atoms with Crippen molar-refractivity contribution >= 4 is 10.0 Å². The largest absolute Gasteiger partial charge is 0.376 e. The van der Waals surface area contributed by atoms with Crippen molar-refractivity contribution in [2.45, 2.75) is 50.4 Å². The van der Waals surface area contributed by atoms with Crippen molar-refractivity contribution in [2.75, 3.05) is 6.61 Å². The van der Waals surface area contributed by atoms with Crippen LogP contribution in [0.1, 0.15) is 31.5 Å². The predicted molar refractivity (Wildman–Crippen MR) is 70.0 cm³/mol. The molecule has 0 saturated carbocycles. The lowest BCUT2D eigenvalue weighted by Gasteiger charge is -2.28. The standard InChI is InChI=1S/C11H20N4O3S/c1-7-9(6-12)10(14-13-7)19(16,17)15-11(3)4-5-18-8(11)2/h8,15H,4-6,12H2,1-3H3,(H,13,14). The number of hydrogen-bond donors (Lipinski definition) is 3. The van der Waals surface area contributed by atoms with Gasteiger partial charge >= 0.3 is 0 Å². The highest BCUT2D eigenvalue weighted by molar-refractivity contribution is 7.89. The van der Waals surface area contributed by atoms with Gasteiger partial charge in [-0.25, -0.2) is 13.1 Å². The molecule has 0 radical (unpaired) electrons. The van der Waals surface area contributed by atoms with Gasteiger partial charge in [-0.15, -0.1) is 0 Å². The first-order valence-electron chi connectivity index (χ1n) is 6.19. The second-order valence-electron chi connectivity index (χ2n) is 5.12. The van der Waals surface area contributed by atoms with Crippen LogP contribution in [0, 0.1) is 6.92 Å². The monoisotopic (exact) mass is 288 g/mol. The number of aryl methyl sites for hydroxylation is 1. The summed E-state index contributed by atoms with van der Waals surface area (Å²) in [7, 11) is -3.71. The zero-order valence-electron chi connectivity index (χ0n) is 11.4. The molecule has 1 aromatic heterocycles. The van der Waals surface area contributed by atoms with Gasteiger partial charge in [0.15, 0.2) is 5.03 Å². The number of nitrogens with two attached hydrogens (primary N) is 1. The number of aromatic nitrogens is 2. The van der Waals surface area contributed by atoms with E-state index in [0.717, 1.165) is 0 Å². The van der Waals surface area contributed by atoms with Crippen LogP contribution >= 0.6 is 0 Å². The molecule has 0 spiro atoms. The van der Waals surface area contributed by atoms with Crippen molar-refractivity contribution in [2.24, 2.45) is 5.73 Å². The summed E-state index contributed by atoms with van der Waals surface area (Å²) < 4.78 is 33.0. The average molecular weight is 288 g/mol. The van der Waals surface area contributed by atoms with E-state index in [-0.39, 0.29) is 17.7 Å². The van der Waals surface area contributed by atoms with E-state index >= 15 is 0 Å². The molecule has 0 aliphatic carbocycles. The molecule has 1 aliphatic rings. The molecule has 4 N–H and O–H groups in total. The van der Waals surface area contributed by atoms with Gasteiger partial charge in [0, 0.05) is 24.4 Å². The number of sulfonamides is 1. The van der Waals surface area contributed by atoms with Crippen molar-refractivity contribution < 1.29 is 13.2 Å². The maximum atomic E-state index is 12.4. The molecule has 7 nitrogen and oxygen atoms in total. The molecule has 8 heteroatoms. The Kier molecular flexibility index (Phi) is 3.69. The van der Waals surface area contributed by atoms with Crippen LogP contribution in [-0.2, 0) is 21.3 Å². The van der Waals surface area contributed by atoms with Crippen molar-refractivity contribution in [3.05, 3.63) is 11.3 Å². The lowest BCUT2D eigenvalue weighted by Crippen LogP contribution is -2.50. The predicted octanol–water partition coefficient (Wildman–Crippen LogP) is 0.0226. The molecule has 108 valence electrons. The highest BCUT2D eigenvalue weighted by Gasteiger charge is 2.41. The van der Waals surface area contributed by atoms with Gasteiger partial charge in [-0.2, -0.15) is 5.10 Å². The van der Waals surface area contributed by atoms with E-state index in [4.69, 9.17) is 10.5 Å². The molecular weight excluding hydrogens is 268 g/mol. The molecule has 1 saturated heterocycles. The highest BCUT2D eigenvalue weighted by Crippen LogP contribution is 2.27. The molecule has 2 unspecified atom stereocenters. The minimum atomic E-state index is -3.71. The SMILES string of the molecule is Cc1[nH]nc(S(=O)(=O)NC2(C)CCOC2C)c1CN. The number of H-pyrrole nitrogens is 1. The van der Waals surface area contributed by atoms with Gasteiger partial charge in [0.2, 0.25) is 0 Å². The number of rotatable bonds is 4. The van der Waals surface area contributed by atoms with Crippen LogP contribution in [0.5, 0.6) is 0 Å². The zero-order chi connectivity index (χ0) is 14.3. The summed E-state index contributed by atoms with van der Waals surface area (Å²) in [6.45, 7) is 6.11. The fourth-order valence-electron chi connectivity index (χ4n) is 2.22. The Morgan fingerprint density at radius 1 is 1.63 bits per heavy atom. The topological polar surface area (TPSA) is 110 Å². The van der Waals surface area contributed by atoms with E-state index < -0.39 is 15.6 Å². The average Bonchev–Trinajstić information content (AvgIpc) is 2.83. The van der Waals surface area contributed by atoms with Crippen molar-refractivity contribution in [3.8, 4) is 0 Å². The fourth-order valence-corrected chi connectivity index (χ4v) is 3.92. The molecule has 1 aromatic rings. The lowest BCUT2D eigenvalue weighted by atomic mass is 9.97. The maximum absolute atomic E-state index is 12.4. The summed E-state index contributed by atoms with van der Waals surface area (Å²) in [4.78, 5) is 0. The van der Waals surface area contributed by atoms with Gasteiger partial charge in [0.1, 0.15) is 0 Å². The van der Waals surface area contributed by atoms with Crippen LogP contribution in [0.15, 0.2) is 5.03 Å². The van der Waals surface area contributed by atoms with E-state index in [1.54, 1.807) is 6.92 Å². The zero-order valence-corrected chi connectivity index (χ0v) is 12.2. The smallest absolute Gasteiger partial charge is 0.260 e. The fraction of sp³-hybridized carbons (Fsp3) is 0.727. The van der Waals surface area contributed by atoms with Crippen molar-refractivity contribution in [3.63, 3.8) is 0 Å². The molecule has 2 atom stereocenters. The second-order valence-corrected chi connectivity index (χ2v) is 6.72. The maximum Gasteiger partial charge on any atom is 0.260 e. The Morgan fingerprint density at radius 3 is 2.84 bits per heavy atom. The van der Waals surface area contributed by atoms with Crippen molar-refractivity contribution in [1.82, 2.24) is 14.9 Å². The Morgan fingerprint density at radius 2 is 2.32 bits per heavy atom. The van der Waals surface area contributed by atoms with Gasteiger partial charge < -0.3 is 10.5 Å². The number of nitrogens with one attached hydrogen (secondary N) is 2. The molecule has 0 aromatic carbocycles. The number of aromatic amines is 1.